The molecule has 4 nitrogen and oxygen atoms in total. The monoisotopic (exact) mass is 605 g/mol. The van der Waals surface area contributed by atoms with Gasteiger partial charge in [-0.3, -0.25) is 0 Å². The average molecular weight is 606 g/mol. The van der Waals surface area contributed by atoms with Crippen molar-refractivity contribution in [2.24, 2.45) is 0 Å². The van der Waals surface area contributed by atoms with Crippen LogP contribution >= 0.6 is 0 Å². The van der Waals surface area contributed by atoms with Crippen LogP contribution < -0.4 is 0 Å². The first-order valence-electron chi connectivity index (χ1n) is 10.5. The maximum absolute atomic E-state index is 5.00. The predicted molar refractivity (Wildman–Crippen MR) is 130 cm³/mol. The van der Waals surface area contributed by atoms with Gasteiger partial charge < -0.3 is 10.6 Å². The summed E-state index contributed by atoms with van der Waals surface area (Å²) in [6, 6.07) is 36.1. The third-order valence-electron chi connectivity index (χ3n) is 5.48. The van der Waals surface area contributed by atoms with Crippen molar-refractivity contribution >= 4 is 22.7 Å². The van der Waals surface area contributed by atoms with Crippen molar-refractivity contribution in [3.8, 4) is 33.9 Å². The minimum Gasteiger partial charge on any atom is -0.658 e. The Labute approximate surface area is 207 Å². The van der Waals surface area contributed by atoms with Gasteiger partial charge in [-0.1, -0.05) is 84.9 Å². The van der Waals surface area contributed by atoms with Crippen molar-refractivity contribution in [2.75, 3.05) is 0 Å². The molecule has 33 heavy (non-hydrogen) atoms. The van der Waals surface area contributed by atoms with E-state index in [0.717, 1.165) is 56.7 Å². The van der Waals surface area contributed by atoms with Crippen molar-refractivity contribution in [2.45, 2.75) is 0 Å². The summed E-state index contributed by atoms with van der Waals surface area (Å²) in [6.07, 6.45) is 0. The summed E-state index contributed by atoms with van der Waals surface area (Å²) in [4.78, 5) is 9.88. The van der Waals surface area contributed by atoms with Crippen molar-refractivity contribution in [3.63, 3.8) is 0 Å². The molecule has 3 aromatic carbocycles. The molecule has 2 aromatic heterocycles. The van der Waals surface area contributed by atoms with Crippen molar-refractivity contribution < 1.29 is 21.1 Å². The summed E-state index contributed by atoms with van der Waals surface area (Å²) in [7, 11) is 0. The van der Waals surface area contributed by atoms with Crippen LogP contribution in [0.2, 0.25) is 0 Å². The summed E-state index contributed by atoms with van der Waals surface area (Å²) in [5, 5.41) is 9.99. The molecular weight excluding hydrogens is 587 g/mol. The van der Waals surface area contributed by atoms with Gasteiger partial charge in [-0.05, 0) is 35.4 Å². The minimum atomic E-state index is 0. The van der Waals surface area contributed by atoms with Gasteiger partial charge in [0.1, 0.15) is 0 Å². The van der Waals surface area contributed by atoms with Crippen LogP contribution in [-0.4, -0.2) is 9.97 Å². The molecule has 0 aliphatic carbocycles. The Hall–Kier alpha value is -3.75. The van der Waals surface area contributed by atoms with E-state index in [1.54, 1.807) is 0 Å². The molecule has 0 radical (unpaired) electrons. The Kier molecular flexibility index (Phi) is 5.76. The van der Waals surface area contributed by atoms with Gasteiger partial charge >= 0.3 is 21.1 Å². The van der Waals surface area contributed by atoms with Crippen LogP contribution in [0.4, 0.5) is 22.7 Å². The number of para-hydroxylation sites is 4. The van der Waals surface area contributed by atoms with Gasteiger partial charge in [0.15, 0.2) is 0 Å². The predicted octanol–water partition coefficient (Wildman–Crippen LogP) is 8.46. The second kappa shape index (κ2) is 9.01. The second-order valence-electron chi connectivity index (χ2n) is 7.56. The summed E-state index contributed by atoms with van der Waals surface area (Å²) < 4.78 is 0. The number of rotatable bonds is 0. The molecule has 0 spiro atoms. The van der Waals surface area contributed by atoms with E-state index in [1.807, 2.05) is 97.1 Å². The standard InChI is InChI=1S/C28H18N4.Pt/c1-3-11-21-19(9-1)23-15-7-17-27(31-23)28-18-8-16-24(32-28)20-10-2-4-12-22(20)30-26-14-6-5-13-25(26)29-21;/h1-18H;/q-2;+2. The number of hydrogen-bond acceptors (Lipinski definition) is 2. The van der Waals surface area contributed by atoms with Gasteiger partial charge in [0.25, 0.3) is 0 Å². The smallest absolute Gasteiger partial charge is 0.658 e. The molecule has 0 saturated carbocycles. The first-order chi connectivity index (χ1) is 15.8. The molecule has 160 valence electrons. The summed E-state index contributed by atoms with van der Waals surface area (Å²) in [5.41, 5.74) is 8.64. The topological polar surface area (TPSA) is 54.0 Å². The van der Waals surface area contributed by atoms with Gasteiger partial charge in [-0.25, -0.2) is 9.97 Å². The van der Waals surface area contributed by atoms with E-state index in [9.17, 15) is 0 Å². The fourth-order valence-corrected chi connectivity index (χ4v) is 3.94. The zero-order valence-corrected chi connectivity index (χ0v) is 19.8. The van der Waals surface area contributed by atoms with Gasteiger partial charge in [-0.15, -0.1) is 11.4 Å². The van der Waals surface area contributed by atoms with Crippen molar-refractivity contribution in [1.29, 1.82) is 0 Å². The van der Waals surface area contributed by atoms with E-state index in [0.29, 0.717) is 0 Å². The van der Waals surface area contributed by atoms with Gasteiger partial charge in [0, 0.05) is 0 Å². The molecule has 5 heteroatoms. The maximum Gasteiger partial charge on any atom is 2.00 e. The fourth-order valence-electron chi connectivity index (χ4n) is 3.94. The number of nitrogens with zero attached hydrogens (tertiary/aromatic N) is 4. The molecule has 3 heterocycles. The minimum absolute atomic E-state index is 0. The Morgan fingerprint density at radius 1 is 0.364 bits per heavy atom. The van der Waals surface area contributed by atoms with Crippen LogP contribution in [0, 0.1) is 0 Å². The van der Waals surface area contributed by atoms with E-state index in [4.69, 9.17) is 20.6 Å². The summed E-state index contributed by atoms with van der Waals surface area (Å²) in [6.45, 7) is 0. The van der Waals surface area contributed by atoms with Gasteiger partial charge in [-0.2, -0.15) is 11.4 Å². The molecule has 6 rings (SSSR count). The number of fused-ring (bicyclic) bond motifs is 10. The Balaban J connectivity index is 0.00000228. The van der Waals surface area contributed by atoms with Crippen LogP contribution in [0.25, 0.3) is 44.5 Å². The normalized spacial score (nSPS) is 11.3. The average Bonchev–Trinajstić information content (AvgIpc) is 2.86. The molecule has 0 fully saturated rings. The number of pyridine rings is 2. The molecule has 0 atom stereocenters. The third-order valence-corrected chi connectivity index (χ3v) is 5.48. The molecule has 0 unspecified atom stereocenters. The van der Waals surface area contributed by atoms with E-state index in [2.05, 4.69) is 12.1 Å². The Morgan fingerprint density at radius 2 is 0.727 bits per heavy atom. The number of aromatic nitrogens is 2. The van der Waals surface area contributed by atoms with Crippen molar-refractivity contribution in [1.82, 2.24) is 9.97 Å². The zero-order chi connectivity index (χ0) is 21.3. The first kappa shape index (κ1) is 21.1. The third kappa shape index (κ3) is 4.06. The SMILES string of the molecule is [Pt+2].c1cc2nc(c1)-c1ccccc1[N-]c1ccccc1[N-]c1ccccc1-c1cccc-2n1. The molecule has 4 bridgehead atoms. The number of hydrogen-bond donors (Lipinski definition) is 0. The van der Waals surface area contributed by atoms with Crippen LogP contribution in [0.3, 0.4) is 0 Å². The molecule has 1 aliphatic rings. The second-order valence-corrected chi connectivity index (χ2v) is 7.56. The van der Waals surface area contributed by atoms with Crippen LogP contribution in [-0.2, 0) is 21.1 Å². The van der Waals surface area contributed by atoms with Crippen LogP contribution in [0.5, 0.6) is 0 Å². The van der Waals surface area contributed by atoms with E-state index in [1.165, 1.54) is 0 Å². The number of benzene rings is 3. The summed E-state index contributed by atoms with van der Waals surface area (Å²) >= 11 is 0. The van der Waals surface area contributed by atoms with E-state index in [-0.39, 0.29) is 21.1 Å². The largest absolute Gasteiger partial charge is 2.00 e. The quantitative estimate of drug-likeness (QED) is 0.175. The van der Waals surface area contributed by atoms with Gasteiger partial charge in [0.2, 0.25) is 0 Å². The molecule has 0 saturated heterocycles. The molecule has 0 N–H and O–H groups in total. The summed E-state index contributed by atoms with van der Waals surface area (Å²) in [5.74, 6) is 0. The van der Waals surface area contributed by atoms with Crippen LogP contribution in [0.15, 0.2) is 109 Å². The van der Waals surface area contributed by atoms with Gasteiger partial charge in [0.05, 0.1) is 22.8 Å². The van der Waals surface area contributed by atoms with E-state index < -0.39 is 0 Å². The van der Waals surface area contributed by atoms with Crippen molar-refractivity contribution in [3.05, 3.63) is 120 Å². The molecule has 1 aliphatic heterocycles. The molecular formula is C28H18N4Pt. The molecule has 5 aromatic rings. The van der Waals surface area contributed by atoms with Crippen LogP contribution in [0.1, 0.15) is 0 Å². The van der Waals surface area contributed by atoms with E-state index >= 15 is 0 Å². The fraction of sp³-hybridized carbons (Fsp3) is 0. The first-order valence-corrected chi connectivity index (χ1v) is 10.5. The Bertz CT molecular complexity index is 1340. The molecule has 0 amide bonds. The maximum atomic E-state index is 5.00. The zero-order valence-electron chi connectivity index (χ0n) is 17.5. The Morgan fingerprint density at radius 3 is 1.18 bits per heavy atom.